The third-order valence-electron chi connectivity index (χ3n) is 2.65. The van der Waals surface area contributed by atoms with Crippen LogP contribution in [0.1, 0.15) is 25.1 Å². The normalized spacial score (nSPS) is 11.6. The molecule has 4 nitrogen and oxygen atoms in total. The third kappa shape index (κ3) is 3.87. The SMILES string of the molecule is Cc1cn(N=Cc2ccccc2SCC(C)C)c(N)n1. The van der Waals surface area contributed by atoms with Crippen molar-refractivity contribution in [3.8, 4) is 0 Å². The van der Waals surface area contributed by atoms with Crippen molar-refractivity contribution in [1.82, 2.24) is 9.66 Å². The van der Waals surface area contributed by atoms with Gasteiger partial charge in [0.25, 0.3) is 0 Å². The monoisotopic (exact) mass is 288 g/mol. The van der Waals surface area contributed by atoms with Gasteiger partial charge in [-0.25, -0.2) is 9.66 Å². The number of rotatable bonds is 5. The second-order valence-corrected chi connectivity index (χ2v) is 6.13. The maximum absolute atomic E-state index is 5.77. The molecule has 0 unspecified atom stereocenters. The molecule has 1 heterocycles. The molecule has 0 fully saturated rings. The quantitative estimate of drug-likeness (QED) is 0.677. The number of imidazole rings is 1. The van der Waals surface area contributed by atoms with Crippen molar-refractivity contribution in [3.63, 3.8) is 0 Å². The molecule has 106 valence electrons. The average Bonchev–Trinajstić information content (AvgIpc) is 2.73. The zero-order valence-electron chi connectivity index (χ0n) is 12.1. The summed E-state index contributed by atoms with van der Waals surface area (Å²) >= 11 is 1.85. The van der Waals surface area contributed by atoms with Gasteiger partial charge in [0.05, 0.1) is 18.1 Å². The van der Waals surface area contributed by atoms with Gasteiger partial charge in [-0.2, -0.15) is 5.10 Å². The lowest BCUT2D eigenvalue weighted by atomic mass is 10.2. The van der Waals surface area contributed by atoms with Gasteiger partial charge in [0.2, 0.25) is 5.95 Å². The van der Waals surface area contributed by atoms with Gasteiger partial charge in [-0.05, 0) is 18.9 Å². The lowest BCUT2D eigenvalue weighted by Crippen LogP contribution is -1.98. The van der Waals surface area contributed by atoms with E-state index in [1.165, 1.54) is 4.90 Å². The molecule has 5 heteroatoms. The summed E-state index contributed by atoms with van der Waals surface area (Å²) < 4.78 is 1.60. The molecule has 1 aromatic carbocycles. The number of anilines is 1. The number of benzene rings is 1. The van der Waals surface area contributed by atoms with Crippen LogP contribution in [0.5, 0.6) is 0 Å². The number of hydrogen-bond donors (Lipinski definition) is 1. The molecule has 0 bridgehead atoms. The van der Waals surface area contributed by atoms with Gasteiger partial charge in [-0.3, -0.25) is 0 Å². The van der Waals surface area contributed by atoms with Crippen molar-refractivity contribution in [2.75, 3.05) is 11.5 Å². The zero-order valence-corrected chi connectivity index (χ0v) is 12.9. The Balaban J connectivity index is 2.18. The Morgan fingerprint density at radius 1 is 1.40 bits per heavy atom. The molecule has 20 heavy (non-hydrogen) atoms. The molecule has 0 aliphatic heterocycles. The van der Waals surface area contributed by atoms with Gasteiger partial charge in [-0.15, -0.1) is 11.8 Å². The summed E-state index contributed by atoms with van der Waals surface area (Å²) in [5.74, 6) is 2.17. The van der Waals surface area contributed by atoms with E-state index in [2.05, 4.69) is 42.1 Å². The molecule has 0 aliphatic carbocycles. The van der Waals surface area contributed by atoms with E-state index < -0.39 is 0 Å². The smallest absolute Gasteiger partial charge is 0.221 e. The van der Waals surface area contributed by atoms with Crippen LogP contribution in [0.2, 0.25) is 0 Å². The van der Waals surface area contributed by atoms with Crippen LogP contribution >= 0.6 is 11.8 Å². The van der Waals surface area contributed by atoms with Crippen molar-refractivity contribution < 1.29 is 0 Å². The number of thioether (sulfide) groups is 1. The topological polar surface area (TPSA) is 56.2 Å². The van der Waals surface area contributed by atoms with Crippen LogP contribution in [0.15, 0.2) is 40.5 Å². The largest absolute Gasteiger partial charge is 0.368 e. The Bertz CT molecular complexity index is 602. The van der Waals surface area contributed by atoms with E-state index >= 15 is 0 Å². The molecule has 2 rings (SSSR count). The lowest BCUT2D eigenvalue weighted by molar-refractivity contribution is 0.750. The molecule has 0 saturated carbocycles. The van der Waals surface area contributed by atoms with Crippen LogP contribution in [0.3, 0.4) is 0 Å². The van der Waals surface area contributed by atoms with E-state index in [0.29, 0.717) is 11.9 Å². The molecule has 0 amide bonds. The minimum atomic E-state index is 0.408. The number of aromatic nitrogens is 2. The molecule has 0 radical (unpaired) electrons. The third-order valence-corrected chi connectivity index (χ3v) is 4.16. The maximum Gasteiger partial charge on any atom is 0.221 e. The summed E-state index contributed by atoms with van der Waals surface area (Å²) in [5.41, 5.74) is 7.74. The lowest BCUT2D eigenvalue weighted by Gasteiger charge is -2.07. The first-order valence-electron chi connectivity index (χ1n) is 6.64. The van der Waals surface area contributed by atoms with Crippen molar-refractivity contribution in [1.29, 1.82) is 0 Å². The molecular formula is C15H20N4S. The second-order valence-electron chi connectivity index (χ2n) is 5.07. The summed E-state index contributed by atoms with van der Waals surface area (Å²) in [7, 11) is 0. The Hall–Kier alpha value is -1.75. The van der Waals surface area contributed by atoms with Gasteiger partial charge >= 0.3 is 0 Å². The van der Waals surface area contributed by atoms with Crippen LogP contribution in [-0.4, -0.2) is 21.6 Å². The van der Waals surface area contributed by atoms with E-state index in [0.717, 1.165) is 17.0 Å². The highest BCUT2D eigenvalue weighted by atomic mass is 32.2. The molecule has 0 aliphatic rings. The van der Waals surface area contributed by atoms with Crippen LogP contribution in [0, 0.1) is 12.8 Å². The highest BCUT2D eigenvalue weighted by Crippen LogP contribution is 2.23. The number of nitrogens with two attached hydrogens (primary N) is 1. The minimum absolute atomic E-state index is 0.408. The summed E-state index contributed by atoms with van der Waals surface area (Å²) in [6, 6.07) is 8.25. The molecule has 2 N–H and O–H groups in total. The first-order valence-corrected chi connectivity index (χ1v) is 7.62. The second kappa shape index (κ2) is 6.61. The highest BCUT2D eigenvalue weighted by molar-refractivity contribution is 7.99. The summed E-state index contributed by atoms with van der Waals surface area (Å²) in [6.07, 6.45) is 3.65. The van der Waals surface area contributed by atoms with Crippen molar-refractivity contribution >= 4 is 23.9 Å². The molecule has 0 spiro atoms. The number of aryl methyl sites for hydroxylation is 1. The first-order chi connectivity index (χ1) is 9.56. The Labute approximate surface area is 124 Å². The Morgan fingerprint density at radius 2 is 2.15 bits per heavy atom. The predicted molar refractivity (Wildman–Crippen MR) is 86.4 cm³/mol. The summed E-state index contributed by atoms with van der Waals surface area (Å²) in [6.45, 7) is 6.34. The molecule has 0 saturated heterocycles. The van der Waals surface area contributed by atoms with E-state index in [1.54, 1.807) is 4.68 Å². The zero-order chi connectivity index (χ0) is 14.5. The number of nitrogen functional groups attached to an aromatic ring is 1. The van der Waals surface area contributed by atoms with Crippen molar-refractivity contribution in [3.05, 3.63) is 41.7 Å². The average molecular weight is 288 g/mol. The molecule has 2 aromatic rings. The number of hydrogen-bond acceptors (Lipinski definition) is 4. The van der Waals surface area contributed by atoms with Crippen molar-refractivity contribution in [2.24, 2.45) is 11.0 Å². The van der Waals surface area contributed by atoms with E-state index in [-0.39, 0.29) is 0 Å². The van der Waals surface area contributed by atoms with Gasteiger partial charge in [0.1, 0.15) is 0 Å². The minimum Gasteiger partial charge on any atom is -0.368 e. The summed E-state index contributed by atoms with van der Waals surface area (Å²) in [5, 5.41) is 4.38. The van der Waals surface area contributed by atoms with Crippen molar-refractivity contribution in [2.45, 2.75) is 25.7 Å². The van der Waals surface area contributed by atoms with E-state index in [4.69, 9.17) is 5.73 Å². The van der Waals surface area contributed by atoms with Gasteiger partial charge < -0.3 is 5.73 Å². The standard InChI is InChI=1S/C15H20N4S/c1-11(2)10-20-14-7-5-4-6-13(14)8-17-19-9-12(3)18-15(19)16/h4-9,11H,10H2,1-3H3,(H2,16,18). The molecular weight excluding hydrogens is 268 g/mol. The summed E-state index contributed by atoms with van der Waals surface area (Å²) in [4.78, 5) is 5.36. The Kier molecular flexibility index (Phi) is 4.84. The number of nitrogens with zero attached hydrogens (tertiary/aromatic N) is 3. The van der Waals surface area contributed by atoms with E-state index in [1.807, 2.05) is 37.2 Å². The van der Waals surface area contributed by atoms with Crippen LogP contribution in [0.4, 0.5) is 5.95 Å². The fraction of sp³-hybridized carbons (Fsp3) is 0.333. The predicted octanol–water partition coefficient (Wildman–Crippen LogP) is 3.40. The molecule has 1 aromatic heterocycles. The van der Waals surface area contributed by atoms with Gasteiger partial charge in [0.15, 0.2) is 0 Å². The van der Waals surface area contributed by atoms with Gasteiger partial charge in [-0.1, -0.05) is 32.0 Å². The van der Waals surface area contributed by atoms with Crippen LogP contribution < -0.4 is 5.73 Å². The van der Waals surface area contributed by atoms with Crippen LogP contribution in [-0.2, 0) is 0 Å². The van der Waals surface area contributed by atoms with Gasteiger partial charge in [0, 0.05) is 16.2 Å². The highest BCUT2D eigenvalue weighted by Gasteiger charge is 2.03. The first kappa shape index (κ1) is 14.7. The maximum atomic E-state index is 5.77. The van der Waals surface area contributed by atoms with Crippen LogP contribution in [0.25, 0.3) is 0 Å². The van der Waals surface area contributed by atoms with E-state index in [9.17, 15) is 0 Å². The fourth-order valence-corrected chi connectivity index (χ4v) is 2.67. The molecule has 0 atom stereocenters. The fourth-order valence-electron chi connectivity index (χ4n) is 1.70. The Morgan fingerprint density at radius 3 is 2.80 bits per heavy atom.